The fourth-order valence-corrected chi connectivity index (χ4v) is 2.16. The number of aromatic nitrogens is 3. The quantitative estimate of drug-likeness (QED) is 0.897. The number of hydrogen-bond acceptors (Lipinski definition) is 5. The van der Waals surface area contributed by atoms with Crippen molar-refractivity contribution in [3.05, 3.63) is 39.3 Å². The highest BCUT2D eigenvalue weighted by Gasteiger charge is 2.06. The Morgan fingerprint density at radius 1 is 1.39 bits per heavy atom. The average molecular weight is 264 g/mol. The van der Waals surface area contributed by atoms with E-state index in [1.807, 2.05) is 5.38 Å². The molecule has 5 nitrogen and oxygen atoms in total. The van der Waals surface area contributed by atoms with Crippen LogP contribution < -0.4 is 10.9 Å². The van der Waals surface area contributed by atoms with Crippen molar-refractivity contribution < 1.29 is 0 Å². The van der Waals surface area contributed by atoms with Crippen LogP contribution in [0.2, 0.25) is 0 Å². The predicted molar refractivity (Wildman–Crippen MR) is 72.8 cm³/mol. The second-order valence-corrected chi connectivity index (χ2v) is 5.39. The molecule has 2 aromatic heterocycles. The zero-order chi connectivity index (χ0) is 13.0. The maximum absolute atomic E-state index is 12.1. The number of hydrogen-bond donors (Lipinski definition) is 1. The van der Waals surface area contributed by atoms with Gasteiger partial charge in [-0.25, -0.2) is 9.97 Å². The van der Waals surface area contributed by atoms with Gasteiger partial charge in [-0.2, -0.15) is 0 Å². The lowest BCUT2D eigenvalue weighted by molar-refractivity contribution is 0.509. The Morgan fingerprint density at radius 3 is 2.89 bits per heavy atom. The van der Waals surface area contributed by atoms with Crippen molar-refractivity contribution in [2.24, 2.45) is 5.92 Å². The third kappa shape index (κ3) is 3.16. The first-order chi connectivity index (χ1) is 8.66. The standard InChI is InChI=1S/C12H16N4OS/c1-9(2)8-16-5-3-14-11(12(16)17)15-7-10-13-4-6-18-10/h3-6,9H,7-8H2,1-2H3,(H,14,15). The molecule has 0 aromatic carbocycles. The first-order valence-electron chi connectivity index (χ1n) is 5.84. The topological polar surface area (TPSA) is 59.8 Å². The Labute approximate surface area is 110 Å². The van der Waals surface area contributed by atoms with E-state index in [1.165, 1.54) is 0 Å². The van der Waals surface area contributed by atoms with Crippen LogP contribution in [0, 0.1) is 5.92 Å². The first kappa shape index (κ1) is 12.8. The minimum atomic E-state index is -0.0808. The minimum absolute atomic E-state index is 0.0808. The summed E-state index contributed by atoms with van der Waals surface area (Å²) >= 11 is 1.55. The third-order valence-corrected chi connectivity index (χ3v) is 3.15. The van der Waals surface area contributed by atoms with Gasteiger partial charge < -0.3 is 9.88 Å². The van der Waals surface area contributed by atoms with Gasteiger partial charge in [-0.05, 0) is 5.92 Å². The maximum atomic E-state index is 12.1. The lowest BCUT2D eigenvalue weighted by Crippen LogP contribution is -2.25. The molecule has 96 valence electrons. The summed E-state index contributed by atoms with van der Waals surface area (Å²) in [5, 5.41) is 5.88. The van der Waals surface area contributed by atoms with Crippen LogP contribution in [0.25, 0.3) is 0 Å². The summed E-state index contributed by atoms with van der Waals surface area (Å²) in [5.74, 6) is 0.810. The summed E-state index contributed by atoms with van der Waals surface area (Å²) in [6.07, 6.45) is 5.11. The zero-order valence-electron chi connectivity index (χ0n) is 10.5. The van der Waals surface area contributed by atoms with Crippen LogP contribution in [0.4, 0.5) is 5.82 Å². The van der Waals surface area contributed by atoms with Crippen molar-refractivity contribution in [3.8, 4) is 0 Å². The third-order valence-electron chi connectivity index (χ3n) is 2.37. The van der Waals surface area contributed by atoms with Crippen molar-refractivity contribution in [3.63, 3.8) is 0 Å². The molecule has 0 amide bonds. The van der Waals surface area contributed by atoms with Gasteiger partial charge >= 0.3 is 0 Å². The molecule has 0 aliphatic heterocycles. The summed E-state index contributed by atoms with van der Waals surface area (Å²) in [7, 11) is 0. The SMILES string of the molecule is CC(C)Cn1ccnc(NCc2nccs2)c1=O. The van der Waals surface area contributed by atoms with E-state index in [0.717, 1.165) is 5.01 Å². The highest BCUT2D eigenvalue weighted by molar-refractivity contribution is 7.09. The molecule has 18 heavy (non-hydrogen) atoms. The van der Waals surface area contributed by atoms with E-state index in [-0.39, 0.29) is 5.56 Å². The maximum Gasteiger partial charge on any atom is 0.293 e. The van der Waals surface area contributed by atoms with Crippen molar-refractivity contribution in [1.29, 1.82) is 0 Å². The number of nitrogens with one attached hydrogen (secondary N) is 1. The van der Waals surface area contributed by atoms with Crippen molar-refractivity contribution >= 4 is 17.2 Å². The van der Waals surface area contributed by atoms with Gasteiger partial charge in [-0.1, -0.05) is 13.8 Å². The van der Waals surface area contributed by atoms with Crippen molar-refractivity contribution in [2.45, 2.75) is 26.9 Å². The van der Waals surface area contributed by atoms with Crippen LogP contribution in [0.15, 0.2) is 28.8 Å². The Balaban J connectivity index is 2.11. The van der Waals surface area contributed by atoms with Crippen molar-refractivity contribution in [1.82, 2.24) is 14.5 Å². The molecule has 0 fully saturated rings. The van der Waals surface area contributed by atoms with Crippen LogP contribution in [0.3, 0.4) is 0 Å². The molecule has 0 saturated heterocycles. The smallest absolute Gasteiger partial charge is 0.293 e. The van der Waals surface area contributed by atoms with Crippen LogP contribution in [-0.2, 0) is 13.1 Å². The lowest BCUT2D eigenvalue weighted by Gasteiger charge is -2.10. The van der Waals surface area contributed by atoms with Crippen LogP contribution in [0.5, 0.6) is 0 Å². The molecular formula is C12H16N4OS. The first-order valence-corrected chi connectivity index (χ1v) is 6.72. The van der Waals surface area contributed by atoms with E-state index in [4.69, 9.17) is 0 Å². The summed E-state index contributed by atoms with van der Waals surface area (Å²) in [4.78, 5) is 20.3. The van der Waals surface area contributed by atoms with Gasteiger partial charge in [0.15, 0.2) is 5.82 Å². The summed E-state index contributed by atoms with van der Waals surface area (Å²) in [6, 6.07) is 0. The van der Waals surface area contributed by atoms with E-state index >= 15 is 0 Å². The normalized spacial score (nSPS) is 10.8. The van der Waals surface area contributed by atoms with Gasteiger partial charge in [-0.15, -0.1) is 11.3 Å². The fraction of sp³-hybridized carbons (Fsp3) is 0.417. The molecule has 0 spiro atoms. The Morgan fingerprint density at radius 2 is 2.22 bits per heavy atom. The predicted octanol–water partition coefficient (Wildman–Crippen LogP) is 1.97. The molecule has 0 saturated carbocycles. The van der Waals surface area contributed by atoms with Gasteiger partial charge in [0.25, 0.3) is 5.56 Å². The Kier molecular flexibility index (Phi) is 4.09. The van der Waals surface area contributed by atoms with E-state index < -0.39 is 0 Å². The molecule has 0 atom stereocenters. The second-order valence-electron chi connectivity index (χ2n) is 4.41. The lowest BCUT2D eigenvalue weighted by atomic mass is 10.2. The van der Waals surface area contributed by atoms with Gasteiger partial charge in [0.05, 0.1) is 6.54 Å². The van der Waals surface area contributed by atoms with Gasteiger partial charge in [0.2, 0.25) is 0 Å². The van der Waals surface area contributed by atoms with Crippen molar-refractivity contribution in [2.75, 3.05) is 5.32 Å². The van der Waals surface area contributed by atoms with E-state index in [2.05, 4.69) is 29.1 Å². The molecule has 2 aromatic rings. The van der Waals surface area contributed by atoms with E-state index in [9.17, 15) is 4.79 Å². The number of nitrogens with zero attached hydrogens (tertiary/aromatic N) is 3. The number of thiazole rings is 1. The second kappa shape index (κ2) is 5.77. The molecule has 0 unspecified atom stereocenters. The fourth-order valence-electron chi connectivity index (χ4n) is 1.61. The number of anilines is 1. The molecule has 6 heteroatoms. The molecule has 0 aliphatic carbocycles. The van der Waals surface area contributed by atoms with Gasteiger partial charge in [0, 0.05) is 30.5 Å². The molecule has 2 heterocycles. The molecule has 2 rings (SSSR count). The van der Waals surface area contributed by atoms with Crippen LogP contribution in [0.1, 0.15) is 18.9 Å². The highest BCUT2D eigenvalue weighted by Crippen LogP contribution is 2.06. The summed E-state index contributed by atoms with van der Waals surface area (Å²) < 4.78 is 1.68. The molecule has 0 bridgehead atoms. The minimum Gasteiger partial charge on any atom is -0.359 e. The zero-order valence-corrected chi connectivity index (χ0v) is 11.3. The van der Waals surface area contributed by atoms with Crippen LogP contribution >= 0.6 is 11.3 Å². The van der Waals surface area contributed by atoms with Gasteiger partial charge in [-0.3, -0.25) is 4.79 Å². The Hall–Kier alpha value is -1.69. The largest absolute Gasteiger partial charge is 0.359 e. The van der Waals surface area contributed by atoms with E-state index in [1.54, 1.807) is 34.5 Å². The summed E-state index contributed by atoms with van der Waals surface area (Å²) in [5.41, 5.74) is -0.0808. The average Bonchev–Trinajstić information content (AvgIpc) is 2.83. The molecule has 0 radical (unpaired) electrons. The molecule has 1 N–H and O–H groups in total. The van der Waals surface area contributed by atoms with Gasteiger partial charge in [0.1, 0.15) is 5.01 Å². The summed E-state index contributed by atoms with van der Waals surface area (Å²) in [6.45, 7) is 5.39. The molecular weight excluding hydrogens is 248 g/mol. The van der Waals surface area contributed by atoms with Crippen LogP contribution in [-0.4, -0.2) is 14.5 Å². The van der Waals surface area contributed by atoms with E-state index in [0.29, 0.717) is 24.8 Å². The Bertz CT molecular complexity index is 547. The monoisotopic (exact) mass is 264 g/mol. The highest BCUT2D eigenvalue weighted by atomic mass is 32.1. The number of rotatable bonds is 5. The molecule has 0 aliphatic rings.